The van der Waals surface area contributed by atoms with Crippen molar-refractivity contribution in [2.24, 2.45) is 0 Å². The molecule has 1 unspecified atom stereocenters. The average Bonchev–Trinajstić information content (AvgIpc) is 3.61. The van der Waals surface area contributed by atoms with Gasteiger partial charge in [-0.1, -0.05) is 108 Å². The molecule has 0 bridgehead atoms. The Bertz CT molecular complexity index is 1190. The van der Waals surface area contributed by atoms with E-state index in [0.29, 0.717) is 25.0 Å². The van der Waals surface area contributed by atoms with E-state index in [1.807, 2.05) is 6.92 Å². The number of fused-ring (bicyclic) bond motifs is 1. The van der Waals surface area contributed by atoms with Crippen molar-refractivity contribution in [2.45, 2.75) is 154 Å². The highest BCUT2D eigenvalue weighted by Crippen LogP contribution is 2.39. The van der Waals surface area contributed by atoms with Crippen molar-refractivity contribution < 1.29 is 27.7 Å². The number of aromatic nitrogens is 4. The molecule has 254 valence electrons. The molecule has 45 heavy (non-hydrogen) atoms. The number of anilines is 1. The maximum atomic E-state index is 13.7. The molecular weight excluding hydrogens is 598 g/mol. The molecular formula is C32H55FN6O5P+. The number of hydrogen-bond donors (Lipinski definition) is 2. The van der Waals surface area contributed by atoms with Crippen molar-refractivity contribution in [2.75, 3.05) is 18.9 Å². The van der Waals surface area contributed by atoms with Crippen molar-refractivity contribution in [3.8, 4) is 0 Å². The number of nitrogens with one attached hydrogen (secondary N) is 1. The summed E-state index contributed by atoms with van der Waals surface area (Å²) in [5.74, 6) is -0.493. The lowest BCUT2D eigenvalue weighted by molar-refractivity contribution is -0.145. The highest BCUT2D eigenvalue weighted by Gasteiger charge is 2.41. The van der Waals surface area contributed by atoms with Gasteiger partial charge in [-0.3, -0.25) is 9.36 Å². The minimum atomic E-state index is -2.32. The van der Waals surface area contributed by atoms with Crippen LogP contribution in [0.15, 0.2) is 6.33 Å². The molecule has 0 radical (unpaired) electrons. The molecule has 2 aromatic rings. The molecule has 1 fully saturated rings. The van der Waals surface area contributed by atoms with E-state index in [9.17, 15) is 13.8 Å². The number of nitrogens with two attached hydrogens (primary N) is 1. The van der Waals surface area contributed by atoms with Gasteiger partial charge in [0.2, 0.25) is 0 Å². The number of hydrogen-bond acceptors (Lipinski definition) is 9. The van der Waals surface area contributed by atoms with Crippen LogP contribution >= 0.6 is 8.18 Å². The number of carbonyl (C=O) groups is 1. The first-order chi connectivity index (χ1) is 21.7. The number of halogens is 1. The number of ether oxygens (including phenoxy) is 2. The van der Waals surface area contributed by atoms with Crippen LogP contribution in [0.5, 0.6) is 0 Å². The summed E-state index contributed by atoms with van der Waals surface area (Å²) in [6.07, 6.45) is 21.9. The normalized spacial score (nSPS) is 19.3. The van der Waals surface area contributed by atoms with Crippen LogP contribution in [0.3, 0.4) is 0 Å². The Morgan fingerprint density at radius 1 is 1.07 bits per heavy atom. The maximum Gasteiger partial charge on any atom is 0.613 e. The van der Waals surface area contributed by atoms with Gasteiger partial charge in [0.1, 0.15) is 18.9 Å². The van der Waals surface area contributed by atoms with E-state index in [1.54, 1.807) is 11.5 Å². The second-order valence-corrected chi connectivity index (χ2v) is 13.6. The lowest BCUT2D eigenvalue weighted by atomic mass is 10.0. The Balaban J connectivity index is 1.18. The molecule has 3 N–H and O–H groups in total. The molecule has 0 aliphatic carbocycles. The molecule has 4 atom stereocenters. The minimum Gasteiger partial charge on any atom is -0.464 e. The predicted octanol–water partition coefficient (Wildman–Crippen LogP) is 8.07. The van der Waals surface area contributed by atoms with Crippen molar-refractivity contribution in [3.05, 3.63) is 12.4 Å². The van der Waals surface area contributed by atoms with Crippen LogP contribution < -0.4 is 10.8 Å². The van der Waals surface area contributed by atoms with Crippen LogP contribution in [0.25, 0.3) is 11.2 Å². The van der Waals surface area contributed by atoms with Gasteiger partial charge >= 0.3 is 20.2 Å². The second-order valence-electron chi connectivity index (χ2n) is 12.6. The van der Waals surface area contributed by atoms with Gasteiger partial charge < -0.3 is 15.2 Å². The fourth-order valence-electron chi connectivity index (χ4n) is 5.69. The van der Waals surface area contributed by atoms with Crippen molar-refractivity contribution in [3.63, 3.8) is 0 Å². The summed E-state index contributed by atoms with van der Waals surface area (Å²) in [4.78, 5) is 23.8. The number of rotatable bonds is 24. The van der Waals surface area contributed by atoms with Gasteiger partial charge in [0, 0.05) is 0 Å². The van der Waals surface area contributed by atoms with Gasteiger partial charge in [0.05, 0.1) is 18.5 Å². The van der Waals surface area contributed by atoms with E-state index < -0.39 is 38.1 Å². The number of carbonyl (C=O) groups excluding carboxylic acids is 1. The lowest BCUT2D eigenvalue weighted by Gasteiger charge is -2.22. The van der Waals surface area contributed by atoms with Gasteiger partial charge in [-0.15, -0.1) is 4.52 Å². The van der Waals surface area contributed by atoms with E-state index in [4.69, 9.17) is 19.7 Å². The molecule has 13 heteroatoms. The quantitative estimate of drug-likeness (QED) is 0.0494. The summed E-state index contributed by atoms with van der Waals surface area (Å²) >= 11 is 0. The fourth-order valence-corrected chi connectivity index (χ4v) is 6.58. The van der Waals surface area contributed by atoms with Gasteiger partial charge in [0.25, 0.3) is 0 Å². The maximum absolute atomic E-state index is 13.7. The SMILES string of the molecule is CCCCCCCCCCCCCCCCCCOC(=O)[C@H](C)N[P+](=O)OC[C@]1(C)CC[C@H](n2cnc3c(N)nc(F)nc32)O1. The Kier molecular flexibility index (Phi) is 16.6. The van der Waals surface area contributed by atoms with Gasteiger partial charge in [-0.25, -0.2) is 4.98 Å². The van der Waals surface area contributed by atoms with Crippen molar-refractivity contribution in [1.29, 1.82) is 0 Å². The molecule has 1 saturated heterocycles. The number of nitrogens with zero attached hydrogens (tertiary/aromatic N) is 4. The molecule has 1 aliphatic rings. The van der Waals surface area contributed by atoms with Crippen LogP contribution in [0, 0.1) is 6.08 Å². The van der Waals surface area contributed by atoms with E-state index in [1.165, 1.54) is 89.8 Å². The molecule has 11 nitrogen and oxygen atoms in total. The van der Waals surface area contributed by atoms with E-state index in [2.05, 4.69) is 27.0 Å². The van der Waals surface area contributed by atoms with Gasteiger partial charge in [-0.05, 0) is 37.7 Å². The average molecular weight is 654 g/mol. The number of imidazole rings is 1. The third kappa shape index (κ3) is 13.2. The second kappa shape index (κ2) is 20.1. The summed E-state index contributed by atoms with van der Waals surface area (Å²) in [6.45, 7) is 6.10. The standard InChI is InChI=1S/C32H55FN6O5P/c1-4-5-6-7-8-9-10-11-12-13-14-15-16-17-18-19-22-42-30(40)25(2)38-45(41)43-23-32(3)21-20-26(44-32)39-24-35-27-28(34)36-31(33)37-29(27)39/h24-26H,4-23H2,1-3H3,(H,38,41)(H2,34,36,37)/q+1/t25-,26+,32-/m0/s1. The summed E-state index contributed by atoms with van der Waals surface area (Å²) in [5.41, 5.74) is 5.55. The monoisotopic (exact) mass is 653 g/mol. The molecule has 3 rings (SSSR count). The highest BCUT2D eigenvalue weighted by atomic mass is 31.1. The lowest BCUT2D eigenvalue weighted by Crippen LogP contribution is -2.33. The Morgan fingerprint density at radius 3 is 2.24 bits per heavy atom. The third-order valence-electron chi connectivity index (χ3n) is 8.45. The minimum absolute atomic E-state index is 0.0325. The van der Waals surface area contributed by atoms with Crippen LogP contribution in [-0.2, 0) is 23.4 Å². The first-order valence-corrected chi connectivity index (χ1v) is 18.3. The highest BCUT2D eigenvalue weighted by molar-refractivity contribution is 7.36. The molecule has 1 aliphatic heterocycles. The zero-order chi connectivity index (χ0) is 32.5. The first-order valence-electron chi connectivity index (χ1n) is 17.1. The third-order valence-corrected chi connectivity index (χ3v) is 9.42. The van der Waals surface area contributed by atoms with Crippen LogP contribution in [0.1, 0.15) is 143 Å². The first kappa shape index (κ1) is 37.2. The van der Waals surface area contributed by atoms with Gasteiger partial charge in [-0.2, -0.15) is 14.4 Å². The molecule has 0 saturated carbocycles. The largest absolute Gasteiger partial charge is 0.613 e. The molecule has 0 amide bonds. The number of esters is 1. The zero-order valence-electron chi connectivity index (χ0n) is 27.6. The summed E-state index contributed by atoms with van der Waals surface area (Å²) in [6, 6.07) is -0.767. The number of nitrogen functional groups attached to an aromatic ring is 1. The van der Waals surface area contributed by atoms with Crippen molar-refractivity contribution in [1.82, 2.24) is 24.6 Å². The van der Waals surface area contributed by atoms with Crippen LogP contribution in [-0.4, -0.2) is 50.3 Å². The Morgan fingerprint density at radius 2 is 1.64 bits per heavy atom. The van der Waals surface area contributed by atoms with Crippen molar-refractivity contribution >= 4 is 31.1 Å². The van der Waals surface area contributed by atoms with Crippen LogP contribution in [0.4, 0.5) is 10.2 Å². The van der Waals surface area contributed by atoms with Gasteiger partial charge in [0.15, 0.2) is 17.0 Å². The zero-order valence-corrected chi connectivity index (χ0v) is 28.5. The molecule has 2 aromatic heterocycles. The van der Waals surface area contributed by atoms with E-state index in [0.717, 1.165) is 19.3 Å². The van der Waals surface area contributed by atoms with E-state index in [-0.39, 0.29) is 18.1 Å². The molecule has 3 heterocycles. The molecule has 0 spiro atoms. The Labute approximate surface area is 268 Å². The van der Waals surface area contributed by atoms with Crippen LogP contribution in [0.2, 0.25) is 0 Å². The predicted molar refractivity (Wildman–Crippen MR) is 174 cm³/mol. The summed E-state index contributed by atoms with van der Waals surface area (Å²) in [7, 11) is -2.32. The Hall–Kier alpha value is -2.27. The summed E-state index contributed by atoms with van der Waals surface area (Å²) in [5, 5.41) is 2.67. The van der Waals surface area contributed by atoms with E-state index >= 15 is 0 Å². The number of unbranched alkanes of at least 4 members (excludes halogenated alkanes) is 15. The molecule has 0 aromatic carbocycles. The summed E-state index contributed by atoms with van der Waals surface area (Å²) < 4.78 is 44.9. The topological polar surface area (TPSA) is 143 Å². The fraction of sp³-hybridized carbons (Fsp3) is 0.812. The smallest absolute Gasteiger partial charge is 0.464 e.